The number of phenols is 1. The fourth-order valence-electron chi connectivity index (χ4n) is 1.84. The first kappa shape index (κ1) is 12.8. The number of phenolic OH excluding ortho intramolecular Hbond substituents is 1. The Morgan fingerprint density at radius 2 is 1.76 bits per heavy atom. The Morgan fingerprint density at radius 3 is 2.52 bits per heavy atom. The zero-order valence-electron chi connectivity index (χ0n) is 10.8. The molecular weight excluding hydrogens is 270 g/mol. The van der Waals surface area contributed by atoms with Gasteiger partial charge in [-0.25, -0.2) is 0 Å². The molecule has 0 saturated heterocycles. The van der Waals surface area contributed by atoms with Gasteiger partial charge in [0.1, 0.15) is 5.75 Å². The van der Waals surface area contributed by atoms with E-state index in [0.29, 0.717) is 16.9 Å². The predicted octanol–water partition coefficient (Wildman–Crippen LogP) is 2.89. The van der Waals surface area contributed by atoms with Crippen LogP contribution in [0.1, 0.15) is 0 Å². The first-order valence-electron chi connectivity index (χ1n) is 6.16. The van der Waals surface area contributed by atoms with E-state index in [1.54, 1.807) is 42.7 Å². The van der Waals surface area contributed by atoms with Crippen molar-refractivity contribution in [3.05, 3.63) is 59.1 Å². The smallest absolute Gasteiger partial charge is 0.292 e. The van der Waals surface area contributed by atoms with Gasteiger partial charge in [-0.1, -0.05) is 12.1 Å². The number of hydrogen-bond acceptors (Lipinski definition) is 5. The molecule has 0 aliphatic carbocycles. The fraction of sp³-hybridized carbons (Fsp3) is 0. The van der Waals surface area contributed by atoms with Crippen molar-refractivity contribution >= 4 is 11.4 Å². The number of benzene rings is 1. The average molecular weight is 281 g/mol. The van der Waals surface area contributed by atoms with Crippen molar-refractivity contribution in [2.75, 3.05) is 0 Å². The van der Waals surface area contributed by atoms with Gasteiger partial charge in [-0.05, 0) is 24.3 Å². The third-order valence-corrected chi connectivity index (χ3v) is 2.85. The van der Waals surface area contributed by atoms with Crippen LogP contribution in [0, 0.1) is 0 Å². The van der Waals surface area contributed by atoms with Gasteiger partial charge in [-0.2, -0.15) is 5.11 Å². The molecule has 7 nitrogen and oxygen atoms in total. The number of hydrogen-bond donors (Lipinski definition) is 3. The first-order valence-corrected chi connectivity index (χ1v) is 6.16. The molecule has 0 saturated carbocycles. The van der Waals surface area contributed by atoms with E-state index in [-0.39, 0.29) is 11.4 Å². The molecule has 0 spiro atoms. The zero-order chi connectivity index (χ0) is 14.7. The lowest BCUT2D eigenvalue weighted by atomic mass is 10.1. The fourth-order valence-corrected chi connectivity index (χ4v) is 1.84. The number of aromatic nitrogens is 3. The van der Waals surface area contributed by atoms with Crippen LogP contribution in [-0.4, -0.2) is 20.3 Å². The molecule has 0 aliphatic heterocycles. The molecule has 3 N–H and O–H groups in total. The van der Waals surface area contributed by atoms with Crippen molar-refractivity contribution in [3.63, 3.8) is 0 Å². The van der Waals surface area contributed by atoms with Crippen molar-refractivity contribution in [2.24, 2.45) is 10.2 Å². The van der Waals surface area contributed by atoms with Gasteiger partial charge >= 0.3 is 0 Å². The van der Waals surface area contributed by atoms with Crippen LogP contribution in [-0.2, 0) is 0 Å². The van der Waals surface area contributed by atoms with E-state index in [2.05, 4.69) is 25.4 Å². The Bertz CT molecular complexity index is 836. The molecule has 0 fully saturated rings. The molecule has 2 heterocycles. The molecule has 104 valence electrons. The van der Waals surface area contributed by atoms with Crippen LogP contribution in [0.3, 0.4) is 0 Å². The molecule has 0 atom stereocenters. The number of aromatic amines is 2. The standard InChI is InChI=1S/C14H11N5O2/c20-11-4-2-1-3-10(11)12-13(14(21)19-17-12)18-16-9-5-7-15-8-6-9/h1-8,20H,(H2,17,19,21). The molecule has 2 aromatic heterocycles. The second-order valence-electron chi connectivity index (χ2n) is 4.23. The van der Waals surface area contributed by atoms with Crippen molar-refractivity contribution < 1.29 is 5.11 Å². The van der Waals surface area contributed by atoms with Crippen molar-refractivity contribution in [3.8, 4) is 17.0 Å². The highest BCUT2D eigenvalue weighted by molar-refractivity contribution is 5.75. The van der Waals surface area contributed by atoms with Crippen molar-refractivity contribution in [1.29, 1.82) is 0 Å². The summed E-state index contributed by atoms with van der Waals surface area (Å²) in [5.41, 5.74) is 1.13. The third kappa shape index (κ3) is 2.57. The molecule has 7 heteroatoms. The normalized spacial score (nSPS) is 11.0. The predicted molar refractivity (Wildman–Crippen MR) is 76.9 cm³/mol. The summed E-state index contributed by atoms with van der Waals surface area (Å²) in [5, 5.41) is 23.0. The maximum absolute atomic E-state index is 11.8. The molecule has 1 aromatic carbocycles. The van der Waals surface area contributed by atoms with Gasteiger partial charge in [0, 0.05) is 18.0 Å². The molecule has 0 radical (unpaired) electrons. The van der Waals surface area contributed by atoms with Crippen LogP contribution in [0.4, 0.5) is 11.4 Å². The number of para-hydroxylation sites is 1. The minimum absolute atomic E-state index is 0.0492. The molecule has 3 aromatic rings. The SMILES string of the molecule is O=c1[nH][nH]c(-c2ccccc2O)c1N=Nc1ccncc1. The summed E-state index contributed by atoms with van der Waals surface area (Å²) in [5.74, 6) is 0.0492. The lowest BCUT2D eigenvalue weighted by Crippen LogP contribution is -1.96. The van der Waals surface area contributed by atoms with Gasteiger partial charge in [-0.3, -0.25) is 20.0 Å². The monoisotopic (exact) mass is 281 g/mol. The maximum atomic E-state index is 11.8. The summed E-state index contributed by atoms with van der Waals surface area (Å²) >= 11 is 0. The highest BCUT2D eigenvalue weighted by Crippen LogP contribution is 2.32. The molecule has 0 amide bonds. The van der Waals surface area contributed by atoms with Crippen molar-refractivity contribution in [2.45, 2.75) is 0 Å². The lowest BCUT2D eigenvalue weighted by Gasteiger charge is -2.01. The van der Waals surface area contributed by atoms with E-state index >= 15 is 0 Å². The van der Waals surface area contributed by atoms with Gasteiger partial charge in [0.25, 0.3) is 5.56 Å². The molecule has 0 unspecified atom stereocenters. The largest absolute Gasteiger partial charge is 0.507 e. The Morgan fingerprint density at radius 1 is 1.00 bits per heavy atom. The number of pyridine rings is 1. The van der Waals surface area contributed by atoms with E-state index < -0.39 is 5.56 Å². The number of nitrogens with one attached hydrogen (secondary N) is 2. The highest BCUT2D eigenvalue weighted by Gasteiger charge is 2.14. The molecule has 0 bridgehead atoms. The number of rotatable bonds is 3. The van der Waals surface area contributed by atoms with Gasteiger partial charge < -0.3 is 5.11 Å². The Balaban J connectivity index is 2.05. The summed E-state index contributed by atoms with van der Waals surface area (Å²) in [7, 11) is 0. The van der Waals surface area contributed by atoms with Crippen molar-refractivity contribution in [1.82, 2.24) is 15.2 Å². The number of H-pyrrole nitrogens is 2. The molecular formula is C14H11N5O2. The average Bonchev–Trinajstić information content (AvgIpc) is 2.88. The number of aromatic hydroxyl groups is 1. The van der Waals surface area contributed by atoms with E-state index in [9.17, 15) is 9.90 Å². The Kier molecular flexibility index (Phi) is 3.30. The second kappa shape index (κ2) is 5.41. The molecule has 3 rings (SSSR count). The van der Waals surface area contributed by atoms with Gasteiger partial charge in [0.2, 0.25) is 0 Å². The van der Waals surface area contributed by atoms with Crippen LogP contribution in [0.15, 0.2) is 63.8 Å². The highest BCUT2D eigenvalue weighted by atomic mass is 16.3. The van der Waals surface area contributed by atoms with Gasteiger partial charge in [0.15, 0.2) is 5.69 Å². The zero-order valence-corrected chi connectivity index (χ0v) is 10.8. The van der Waals surface area contributed by atoms with E-state index in [1.165, 1.54) is 6.07 Å². The summed E-state index contributed by atoms with van der Waals surface area (Å²) in [6.07, 6.45) is 3.17. The van der Waals surface area contributed by atoms with Crippen LogP contribution < -0.4 is 5.56 Å². The minimum atomic E-state index is -0.411. The summed E-state index contributed by atoms with van der Waals surface area (Å²) in [6, 6.07) is 10.0. The Hall–Kier alpha value is -3.22. The summed E-state index contributed by atoms with van der Waals surface area (Å²) < 4.78 is 0. The quantitative estimate of drug-likeness (QED) is 0.642. The van der Waals surface area contributed by atoms with Crippen LogP contribution in [0.2, 0.25) is 0 Å². The third-order valence-electron chi connectivity index (χ3n) is 2.85. The number of azo groups is 1. The Labute approximate surface area is 119 Å². The summed E-state index contributed by atoms with van der Waals surface area (Å²) in [6.45, 7) is 0. The van der Waals surface area contributed by atoms with Gasteiger partial charge in [0.05, 0.1) is 11.4 Å². The van der Waals surface area contributed by atoms with E-state index in [0.717, 1.165) is 0 Å². The van der Waals surface area contributed by atoms with E-state index in [4.69, 9.17) is 0 Å². The first-order chi connectivity index (χ1) is 10.3. The van der Waals surface area contributed by atoms with Crippen LogP contribution in [0.25, 0.3) is 11.3 Å². The van der Waals surface area contributed by atoms with E-state index in [1.807, 2.05) is 0 Å². The summed E-state index contributed by atoms with van der Waals surface area (Å²) in [4.78, 5) is 15.7. The number of nitrogens with zero attached hydrogens (tertiary/aromatic N) is 3. The van der Waals surface area contributed by atoms with Crippen LogP contribution >= 0.6 is 0 Å². The minimum Gasteiger partial charge on any atom is -0.507 e. The molecule has 21 heavy (non-hydrogen) atoms. The second-order valence-corrected chi connectivity index (χ2v) is 4.23. The maximum Gasteiger partial charge on any atom is 0.292 e. The topological polar surface area (TPSA) is 106 Å². The lowest BCUT2D eigenvalue weighted by molar-refractivity contribution is 0.477. The van der Waals surface area contributed by atoms with Crippen LogP contribution in [0.5, 0.6) is 5.75 Å². The van der Waals surface area contributed by atoms with Gasteiger partial charge in [-0.15, -0.1) is 5.11 Å². The molecule has 0 aliphatic rings.